The molecule has 1 amide bonds. The fourth-order valence-electron chi connectivity index (χ4n) is 4.72. The van der Waals surface area contributed by atoms with Gasteiger partial charge in [-0.05, 0) is 55.2 Å². The molecule has 0 spiro atoms. The van der Waals surface area contributed by atoms with E-state index in [0.717, 1.165) is 11.1 Å². The number of Topliss-reactive ketones (excluding diaryl/α,β-unsaturated/α-hetero) is 1. The third-order valence-corrected chi connectivity index (χ3v) is 8.76. The molecular weight excluding hydrogens is 559 g/mol. The van der Waals surface area contributed by atoms with Gasteiger partial charge in [0.2, 0.25) is 11.0 Å². The van der Waals surface area contributed by atoms with Crippen LogP contribution in [0.25, 0.3) is 0 Å². The van der Waals surface area contributed by atoms with Crippen molar-refractivity contribution in [3.05, 3.63) is 87.1 Å². The zero-order valence-electron chi connectivity index (χ0n) is 20.7. The number of nitrogens with two attached hydrogens (primary N) is 1. The maximum absolute atomic E-state index is 13.6. The Morgan fingerprint density at radius 2 is 2.13 bits per heavy atom. The highest BCUT2D eigenvalue weighted by Gasteiger charge is 2.41. The quantitative estimate of drug-likeness (QED) is 0.357. The largest absolute Gasteiger partial charge is 0.384 e. The van der Waals surface area contributed by atoms with Crippen LogP contribution in [0.4, 0.5) is 15.2 Å². The standard InChI is InChI=1S/C27H22ClFN6O2S2/c1-14-8-9-17(29)11-19(14)32-22(37)13-38-27-34-33-26(39-27)35-20-6-3-7-21(36)24(20)23(18(12-30)25(35)31)15-4-2-5-16(28)10-15/h2,4-5,8-11,23H,3,6-7,13,31H2,1H3,(H,32,37). The van der Waals surface area contributed by atoms with Gasteiger partial charge in [-0.15, -0.1) is 10.2 Å². The Bertz CT molecular complexity index is 1590. The molecule has 2 aromatic carbocycles. The van der Waals surface area contributed by atoms with Crippen molar-refractivity contribution in [2.24, 2.45) is 5.73 Å². The zero-order chi connectivity index (χ0) is 27.7. The Hall–Kier alpha value is -3.72. The number of allylic oxidation sites excluding steroid dienone is 3. The molecule has 3 aromatic rings. The molecule has 2 heterocycles. The predicted molar refractivity (Wildman–Crippen MR) is 150 cm³/mol. The summed E-state index contributed by atoms with van der Waals surface area (Å²) in [5.74, 6) is -1.21. The zero-order valence-corrected chi connectivity index (χ0v) is 23.1. The van der Waals surface area contributed by atoms with Gasteiger partial charge in [0.25, 0.3) is 0 Å². The van der Waals surface area contributed by atoms with Crippen LogP contribution in [0.5, 0.6) is 0 Å². The van der Waals surface area contributed by atoms with E-state index in [1.54, 1.807) is 36.1 Å². The number of nitrogens with zero attached hydrogens (tertiary/aromatic N) is 4. The molecule has 1 unspecified atom stereocenters. The monoisotopic (exact) mass is 580 g/mol. The average Bonchev–Trinajstić information content (AvgIpc) is 3.37. The van der Waals surface area contributed by atoms with Crippen molar-refractivity contribution >= 4 is 57.2 Å². The predicted octanol–water partition coefficient (Wildman–Crippen LogP) is 5.67. The van der Waals surface area contributed by atoms with Crippen molar-refractivity contribution in [2.75, 3.05) is 16.0 Å². The van der Waals surface area contributed by atoms with Gasteiger partial charge in [-0.1, -0.05) is 52.9 Å². The van der Waals surface area contributed by atoms with Gasteiger partial charge in [-0.25, -0.2) is 4.39 Å². The molecule has 0 saturated carbocycles. The van der Waals surface area contributed by atoms with E-state index >= 15 is 0 Å². The highest BCUT2D eigenvalue weighted by Crippen LogP contribution is 2.47. The first-order valence-corrected chi connectivity index (χ1v) is 14.2. The number of carbonyl (C=O) groups is 2. The van der Waals surface area contributed by atoms with Crippen molar-refractivity contribution in [2.45, 2.75) is 36.4 Å². The van der Waals surface area contributed by atoms with Gasteiger partial charge in [0, 0.05) is 28.4 Å². The van der Waals surface area contributed by atoms with Gasteiger partial charge in [0.1, 0.15) is 11.6 Å². The van der Waals surface area contributed by atoms with Gasteiger partial charge in [0.05, 0.1) is 23.3 Å². The van der Waals surface area contributed by atoms with Crippen LogP contribution >= 0.6 is 34.7 Å². The summed E-state index contributed by atoms with van der Waals surface area (Å²) in [4.78, 5) is 27.4. The maximum Gasteiger partial charge on any atom is 0.234 e. The summed E-state index contributed by atoms with van der Waals surface area (Å²) in [6.45, 7) is 1.78. The minimum absolute atomic E-state index is 0.0304. The Balaban J connectivity index is 1.42. The fraction of sp³-hybridized carbons (Fsp3) is 0.222. The molecule has 0 fully saturated rings. The van der Waals surface area contributed by atoms with E-state index in [2.05, 4.69) is 21.6 Å². The molecule has 1 aromatic heterocycles. The van der Waals surface area contributed by atoms with Crippen LogP contribution in [-0.2, 0) is 9.59 Å². The SMILES string of the molecule is Cc1ccc(F)cc1NC(=O)CSc1nnc(N2C(N)=C(C#N)C(c3cccc(Cl)c3)C3=C2CCCC3=O)s1. The molecule has 0 bridgehead atoms. The Morgan fingerprint density at radius 1 is 1.31 bits per heavy atom. The van der Waals surface area contributed by atoms with Gasteiger partial charge < -0.3 is 11.1 Å². The van der Waals surface area contributed by atoms with Crippen LogP contribution in [0.1, 0.15) is 36.3 Å². The number of anilines is 2. The lowest BCUT2D eigenvalue weighted by Crippen LogP contribution is -2.38. The van der Waals surface area contributed by atoms with Crippen molar-refractivity contribution < 1.29 is 14.0 Å². The van der Waals surface area contributed by atoms with E-state index in [4.69, 9.17) is 17.3 Å². The lowest BCUT2D eigenvalue weighted by molar-refractivity contribution is -0.116. The number of ketones is 1. The summed E-state index contributed by atoms with van der Waals surface area (Å²) in [6.07, 6.45) is 1.60. The van der Waals surface area contributed by atoms with Crippen molar-refractivity contribution in [1.29, 1.82) is 5.26 Å². The highest BCUT2D eigenvalue weighted by molar-refractivity contribution is 8.01. The number of nitriles is 1. The van der Waals surface area contributed by atoms with Crippen LogP contribution in [0.15, 0.2) is 69.5 Å². The second-order valence-corrected chi connectivity index (χ2v) is 11.6. The normalized spacial score (nSPS) is 17.2. The Morgan fingerprint density at radius 3 is 2.90 bits per heavy atom. The molecule has 1 atom stereocenters. The van der Waals surface area contributed by atoms with Crippen molar-refractivity contribution in [3.63, 3.8) is 0 Å². The Labute approximate surface area is 237 Å². The number of thioether (sulfide) groups is 1. The summed E-state index contributed by atoms with van der Waals surface area (Å²) >= 11 is 8.61. The molecule has 1 aliphatic heterocycles. The number of carbonyl (C=O) groups excluding carboxylic acids is 2. The van der Waals surface area contributed by atoms with E-state index in [1.165, 1.54) is 35.2 Å². The van der Waals surface area contributed by atoms with Crippen molar-refractivity contribution in [3.8, 4) is 6.07 Å². The smallest absolute Gasteiger partial charge is 0.234 e. The first-order chi connectivity index (χ1) is 18.8. The van der Waals surface area contributed by atoms with Crippen LogP contribution in [0.2, 0.25) is 5.02 Å². The summed E-state index contributed by atoms with van der Waals surface area (Å²) in [5, 5.41) is 22.2. The second-order valence-electron chi connectivity index (χ2n) is 9.02. The van der Waals surface area contributed by atoms with Crippen LogP contribution in [0, 0.1) is 24.1 Å². The van der Waals surface area contributed by atoms with Crippen molar-refractivity contribution in [1.82, 2.24) is 10.2 Å². The van der Waals surface area contributed by atoms with E-state index in [-0.39, 0.29) is 28.8 Å². The lowest BCUT2D eigenvalue weighted by Gasteiger charge is -2.38. The molecule has 0 saturated heterocycles. The molecule has 1 aliphatic carbocycles. The summed E-state index contributed by atoms with van der Waals surface area (Å²) in [7, 11) is 0. The highest BCUT2D eigenvalue weighted by atomic mass is 35.5. The number of aromatic nitrogens is 2. The third-order valence-electron chi connectivity index (χ3n) is 6.48. The third kappa shape index (κ3) is 5.41. The molecule has 2 aliphatic rings. The molecule has 198 valence electrons. The minimum atomic E-state index is -0.621. The number of amides is 1. The van der Waals surface area contributed by atoms with E-state index in [9.17, 15) is 19.2 Å². The number of halogens is 2. The summed E-state index contributed by atoms with van der Waals surface area (Å²) in [5.41, 5.74) is 9.89. The van der Waals surface area contributed by atoms with E-state index in [1.807, 2.05) is 6.07 Å². The molecule has 5 rings (SSSR count). The molecular formula is C27H22ClFN6O2S2. The van der Waals surface area contributed by atoms with Crippen LogP contribution in [-0.4, -0.2) is 27.6 Å². The number of benzene rings is 2. The molecule has 39 heavy (non-hydrogen) atoms. The number of nitrogens with one attached hydrogen (secondary N) is 1. The van der Waals surface area contributed by atoms with Gasteiger partial charge in [0.15, 0.2) is 10.1 Å². The second kappa shape index (κ2) is 11.2. The Kier molecular flexibility index (Phi) is 7.70. The van der Waals surface area contributed by atoms with E-state index in [0.29, 0.717) is 50.7 Å². The molecule has 12 heteroatoms. The number of hydrogen-bond donors (Lipinski definition) is 2. The number of hydrogen-bond acceptors (Lipinski definition) is 9. The summed E-state index contributed by atoms with van der Waals surface area (Å²) < 4.78 is 14.1. The van der Waals surface area contributed by atoms with Gasteiger partial charge in [-0.3, -0.25) is 14.5 Å². The number of rotatable bonds is 6. The van der Waals surface area contributed by atoms with Gasteiger partial charge >= 0.3 is 0 Å². The molecule has 8 nitrogen and oxygen atoms in total. The summed E-state index contributed by atoms with van der Waals surface area (Å²) in [6, 6.07) is 13.5. The number of aryl methyl sites for hydroxylation is 1. The topological polar surface area (TPSA) is 125 Å². The minimum Gasteiger partial charge on any atom is -0.384 e. The molecule has 3 N–H and O–H groups in total. The fourth-order valence-corrected chi connectivity index (χ4v) is 6.60. The lowest BCUT2D eigenvalue weighted by atomic mass is 9.76. The maximum atomic E-state index is 13.6. The van der Waals surface area contributed by atoms with Crippen LogP contribution in [0.3, 0.4) is 0 Å². The van der Waals surface area contributed by atoms with Crippen LogP contribution < -0.4 is 16.0 Å². The first-order valence-electron chi connectivity index (χ1n) is 12.0. The van der Waals surface area contributed by atoms with Gasteiger partial charge in [-0.2, -0.15) is 5.26 Å². The average molecular weight is 581 g/mol. The first kappa shape index (κ1) is 26.9. The van der Waals surface area contributed by atoms with E-state index < -0.39 is 11.7 Å². The molecule has 0 radical (unpaired) electrons.